The molecule has 1 aromatic rings. The van der Waals surface area contributed by atoms with E-state index in [4.69, 9.17) is 5.73 Å². The van der Waals surface area contributed by atoms with Gasteiger partial charge >= 0.3 is 0 Å². The molecule has 0 fully saturated rings. The average Bonchev–Trinajstić information content (AvgIpc) is 2.28. The van der Waals surface area contributed by atoms with Crippen LogP contribution in [0.4, 0.5) is 5.69 Å². The molecule has 4 nitrogen and oxygen atoms in total. The molecule has 0 saturated carbocycles. The molecule has 0 radical (unpaired) electrons. The summed E-state index contributed by atoms with van der Waals surface area (Å²) in [6, 6.07) is 4.96. The molecule has 96 valence electrons. The summed E-state index contributed by atoms with van der Waals surface area (Å²) in [7, 11) is -1.81. The van der Waals surface area contributed by atoms with Crippen molar-refractivity contribution in [2.75, 3.05) is 19.3 Å². The Morgan fingerprint density at radius 3 is 2.59 bits per heavy atom. The van der Waals surface area contributed by atoms with Crippen molar-refractivity contribution in [3.05, 3.63) is 23.8 Å². The molecule has 1 rings (SSSR count). The average molecular weight is 256 g/mol. The van der Waals surface area contributed by atoms with Gasteiger partial charge in [-0.2, -0.15) is 0 Å². The Morgan fingerprint density at radius 2 is 2.00 bits per heavy atom. The summed E-state index contributed by atoms with van der Waals surface area (Å²) in [5.74, 6) is 0. The maximum atomic E-state index is 12.3. The van der Waals surface area contributed by atoms with E-state index in [2.05, 4.69) is 0 Å². The summed E-state index contributed by atoms with van der Waals surface area (Å²) in [6.07, 6.45) is 1.83. The molecule has 0 spiro atoms. The molecule has 0 atom stereocenters. The zero-order valence-electron chi connectivity index (χ0n) is 10.6. The SMILES string of the molecule is CCCCN(C)S(=O)(=O)c1cc(N)ccc1C. The number of sulfonamides is 1. The highest BCUT2D eigenvalue weighted by atomic mass is 32.2. The number of nitrogens with zero attached hydrogens (tertiary/aromatic N) is 1. The van der Waals surface area contributed by atoms with Crippen LogP contribution >= 0.6 is 0 Å². The molecule has 0 saturated heterocycles. The van der Waals surface area contributed by atoms with Crippen molar-refractivity contribution in [2.24, 2.45) is 0 Å². The minimum absolute atomic E-state index is 0.302. The van der Waals surface area contributed by atoms with Crippen LogP contribution in [-0.2, 0) is 10.0 Å². The van der Waals surface area contributed by atoms with Crippen LogP contribution in [0.25, 0.3) is 0 Å². The second-order valence-electron chi connectivity index (χ2n) is 4.21. The molecule has 1 aromatic carbocycles. The quantitative estimate of drug-likeness (QED) is 0.819. The number of unbranched alkanes of at least 4 members (excludes halogenated alkanes) is 1. The van der Waals surface area contributed by atoms with Crippen molar-refractivity contribution in [3.8, 4) is 0 Å². The number of anilines is 1. The molecular weight excluding hydrogens is 236 g/mol. The Hall–Kier alpha value is -1.07. The summed E-state index contributed by atoms with van der Waals surface area (Å²) in [4.78, 5) is 0.302. The summed E-state index contributed by atoms with van der Waals surface area (Å²) in [5.41, 5.74) is 6.84. The zero-order chi connectivity index (χ0) is 13.1. The van der Waals surface area contributed by atoms with Gasteiger partial charge in [-0.05, 0) is 31.0 Å². The Labute approximate surface area is 103 Å². The fourth-order valence-electron chi connectivity index (χ4n) is 1.56. The zero-order valence-corrected chi connectivity index (χ0v) is 11.4. The van der Waals surface area contributed by atoms with Gasteiger partial charge in [-0.1, -0.05) is 19.4 Å². The van der Waals surface area contributed by atoms with Crippen molar-refractivity contribution in [2.45, 2.75) is 31.6 Å². The molecule has 0 aliphatic rings. The molecule has 0 aliphatic heterocycles. The molecule has 0 heterocycles. The van der Waals surface area contributed by atoms with Gasteiger partial charge in [0.2, 0.25) is 10.0 Å². The Morgan fingerprint density at radius 1 is 1.35 bits per heavy atom. The summed E-state index contributed by atoms with van der Waals surface area (Å²) in [6.45, 7) is 4.35. The van der Waals surface area contributed by atoms with E-state index in [1.54, 1.807) is 26.1 Å². The predicted molar refractivity (Wildman–Crippen MR) is 70.3 cm³/mol. The van der Waals surface area contributed by atoms with E-state index in [0.29, 0.717) is 17.1 Å². The van der Waals surface area contributed by atoms with Crippen LogP contribution in [0.5, 0.6) is 0 Å². The second-order valence-corrected chi connectivity index (χ2v) is 6.22. The highest BCUT2D eigenvalue weighted by molar-refractivity contribution is 7.89. The van der Waals surface area contributed by atoms with E-state index in [9.17, 15) is 8.42 Å². The topological polar surface area (TPSA) is 63.4 Å². The van der Waals surface area contributed by atoms with Gasteiger partial charge in [0.25, 0.3) is 0 Å². The molecule has 0 amide bonds. The predicted octanol–water partition coefficient (Wildman–Crippen LogP) is 2.00. The van der Waals surface area contributed by atoms with Gasteiger partial charge in [0.15, 0.2) is 0 Å². The standard InChI is InChI=1S/C12H20N2O2S/c1-4-5-8-14(3)17(15,16)12-9-11(13)7-6-10(12)2/h6-7,9H,4-5,8,13H2,1-3H3. The van der Waals surface area contributed by atoms with Crippen LogP contribution in [0.2, 0.25) is 0 Å². The molecule has 0 aromatic heterocycles. The van der Waals surface area contributed by atoms with E-state index in [0.717, 1.165) is 18.4 Å². The first-order valence-electron chi connectivity index (χ1n) is 5.72. The molecule has 2 N–H and O–H groups in total. The first-order valence-corrected chi connectivity index (χ1v) is 7.16. The fraction of sp³-hybridized carbons (Fsp3) is 0.500. The van der Waals surface area contributed by atoms with Gasteiger partial charge in [0.1, 0.15) is 0 Å². The van der Waals surface area contributed by atoms with E-state index < -0.39 is 10.0 Å². The molecule has 5 heteroatoms. The highest BCUT2D eigenvalue weighted by Gasteiger charge is 2.22. The van der Waals surface area contributed by atoms with Crippen LogP contribution in [0, 0.1) is 6.92 Å². The largest absolute Gasteiger partial charge is 0.399 e. The lowest BCUT2D eigenvalue weighted by molar-refractivity contribution is 0.459. The number of nitrogen functional groups attached to an aromatic ring is 1. The van der Waals surface area contributed by atoms with Gasteiger partial charge < -0.3 is 5.73 Å². The van der Waals surface area contributed by atoms with Crippen molar-refractivity contribution in [3.63, 3.8) is 0 Å². The minimum Gasteiger partial charge on any atom is -0.399 e. The Balaban J connectivity index is 3.08. The van der Waals surface area contributed by atoms with Gasteiger partial charge in [-0.25, -0.2) is 12.7 Å². The first-order chi connectivity index (χ1) is 7.89. The third kappa shape index (κ3) is 3.20. The lowest BCUT2D eigenvalue weighted by atomic mass is 10.2. The number of benzene rings is 1. The molecule has 0 aliphatic carbocycles. The van der Waals surface area contributed by atoms with Crippen LogP contribution in [0.15, 0.2) is 23.1 Å². The van der Waals surface area contributed by atoms with Crippen molar-refractivity contribution in [1.82, 2.24) is 4.31 Å². The van der Waals surface area contributed by atoms with Crippen LogP contribution < -0.4 is 5.73 Å². The van der Waals surface area contributed by atoms with E-state index in [1.807, 2.05) is 6.92 Å². The summed E-state index contributed by atoms with van der Waals surface area (Å²) < 4.78 is 26.0. The number of aryl methyl sites for hydroxylation is 1. The summed E-state index contributed by atoms with van der Waals surface area (Å²) in [5, 5.41) is 0. The summed E-state index contributed by atoms with van der Waals surface area (Å²) >= 11 is 0. The lowest BCUT2D eigenvalue weighted by Gasteiger charge is -2.18. The van der Waals surface area contributed by atoms with E-state index in [1.165, 1.54) is 10.4 Å². The Kier molecular flexibility index (Phi) is 4.54. The van der Waals surface area contributed by atoms with E-state index >= 15 is 0 Å². The second kappa shape index (κ2) is 5.51. The third-order valence-corrected chi connectivity index (χ3v) is 4.73. The highest BCUT2D eigenvalue weighted by Crippen LogP contribution is 2.21. The van der Waals surface area contributed by atoms with Crippen molar-refractivity contribution >= 4 is 15.7 Å². The lowest BCUT2D eigenvalue weighted by Crippen LogP contribution is -2.28. The monoisotopic (exact) mass is 256 g/mol. The molecular formula is C12H20N2O2S. The van der Waals surface area contributed by atoms with Gasteiger partial charge in [0.05, 0.1) is 4.90 Å². The van der Waals surface area contributed by atoms with Gasteiger partial charge in [-0.3, -0.25) is 0 Å². The van der Waals surface area contributed by atoms with Crippen molar-refractivity contribution in [1.29, 1.82) is 0 Å². The van der Waals surface area contributed by atoms with Crippen LogP contribution in [0.1, 0.15) is 25.3 Å². The van der Waals surface area contributed by atoms with Gasteiger partial charge in [0, 0.05) is 19.3 Å². The fourth-order valence-corrected chi connectivity index (χ4v) is 3.03. The number of hydrogen-bond acceptors (Lipinski definition) is 3. The molecule has 17 heavy (non-hydrogen) atoms. The number of hydrogen-bond donors (Lipinski definition) is 1. The maximum absolute atomic E-state index is 12.3. The third-order valence-electron chi connectivity index (χ3n) is 2.73. The van der Waals surface area contributed by atoms with E-state index in [-0.39, 0.29) is 0 Å². The Bertz CT molecular complexity index is 483. The normalized spacial score (nSPS) is 12.0. The molecule has 0 unspecified atom stereocenters. The van der Waals surface area contributed by atoms with Crippen LogP contribution in [-0.4, -0.2) is 26.3 Å². The maximum Gasteiger partial charge on any atom is 0.243 e. The minimum atomic E-state index is -3.41. The first kappa shape index (κ1) is 14.0. The number of nitrogens with two attached hydrogens (primary N) is 1. The van der Waals surface area contributed by atoms with Crippen molar-refractivity contribution < 1.29 is 8.42 Å². The van der Waals surface area contributed by atoms with Crippen LogP contribution in [0.3, 0.4) is 0 Å². The van der Waals surface area contributed by atoms with Gasteiger partial charge in [-0.15, -0.1) is 0 Å². The smallest absolute Gasteiger partial charge is 0.243 e. The number of rotatable bonds is 5. The molecule has 0 bridgehead atoms.